The van der Waals surface area contributed by atoms with Crippen LogP contribution in [0.5, 0.6) is 0 Å². The molecule has 0 aromatic heterocycles. The molecule has 0 unspecified atom stereocenters. The zero-order chi connectivity index (χ0) is 22.2. The summed E-state index contributed by atoms with van der Waals surface area (Å²) in [5.41, 5.74) is 1.86. The number of halogens is 2. The lowest BCUT2D eigenvalue weighted by Crippen LogP contribution is -2.52. The molecule has 1 heterocycles. The number of aliphatic imine (C=N–C) groups is 1. The molecule has 1 aliphatic rings. The van der Waals surface area contributed by atoms with Crippen LogP contribution in [0.3, 0.4) is 0 Å². The number of hydrogen-bond acceptors (Lipinski definition) is 3. The van der Waals surface area contributed by atoms with Crippen molar-refractivity contribution in [1.82, 2.24) is 15.5 Å². The average Bonchev–Trinajstić information content (AvgIpc) is 2.79. The fraction of sp³-hybridized carbons (Fsp3) is 0.391. The van der Waals surface area contributed by atoms with Gasteiger partial charge < -0.3 is 20.4 Å². The zero-order valence-corrected chi connectivity index (χ0v) is 18.0. The molecule has 2 N–H and O–H groups in total. The van der Waals surface area contributed by atoms with Gasteiger partial charge in [-0.2, -0.15) is 0 Å². The van der Waals surface area contributed by atoms with Crippen molar-refractivity contribution in [3.63, 3.8) is 0 Å². The second-order valence-electron chi connectivity index (χ2n) is 7.30. The van der Waals surface area contributed by atoms with E-state index in [9.17, 15) is 13.6 Å². The minimum atomic E-state index is -0.441. The van der Waals surface area contributed by atoms with Crippen molar-refractivity contribution < 1.29 is 13.6 Å². The number of benzene rings is 2. The molecule has 2 aromatic carbocycles. The van der Waals surface area contributed by atoms with E-state index in [1.54, 1.807) is 6.07 Å². The Balaban J connectivity index is 1.66. The Bertz CT molecular complexity index is 926. The molecule has 166 valence electrons. The summed E-state index contributed by atoms with van der Waals surface area (Å²) in [6.45, 7) is 8.04. The predicted molar refractivity (Wildman–Crippen MR) is 119 cm³/mol. The van der Waals surface area contributed by atoms with E-state index in [1.165, 1.54) is 6.07 Å². The van der Waals surface area contributed by atoms with Crippen LogP contribution < -0.4 is 15.5 Å². The van der Waals surface area contributed by atoms with Crippen LogP contribution in [-0.2, 0) is 6.54 Å². The first-order valence-corrected chi connectivity index (χ1v) is 10.6. The Kier molecular flexibility index (Phi) is 7.81. The smallest absolute Gasteiger partial charge is 0.251 e. The van der Waals surface area contributed by atoms with Crippen molar-refractivity contribution in [3.05, 3.63) is 65.2 Å². The van der Waals surface area contributed by atoms with Crippen molar-refractivity contribution >= 4 is 17.6 Å². The monoisotopic (exact) mass is 429 g/mol. The number of piperazine rings is 1. The summed E-state index contributed by atoms with van der Waals surface area (Å²) < 4.78 is 27.6. The fourth-order valence-electron chi connectivity index (χ4n) is 3.55. The number of carbonyl (C=O) groups is 1. The Morgan fingerprint density at radius 1 is 1.00 bits per heavy atom. The van der Waals surface area contributed by atoms with Crippen LogP contribution in [0.1, 0.15) is 29.8 Å². The van der Waals surface area contributed by atoms with Gasteiger partial charge in [0.05, 0.1) is 12.2 Å². The number of anilines is 1. The molecule has 3 rings (SSSR count). The highest BCUT2D eigenvalue weighted by Gasteiger charge is 2.22. The summed E-state index contributed by atoms with van der Waals surface area (Å²) in [6.07, 6.45) is 0. The molecular formula is C23H29F2N5O. The van der Waals surface area contributed by atoms with E-state index >= 15 is 0 Å². The number of guanidine groups is 1. The first kappa shape index (κ1) is 22.5. The molecule has 0 atom stereocenters. The highest BCUT2D eigenvalue weighted by atomic mass is 19.1. The lowest BCUT2D eigenvalue weighted by Gasteiger charge is -2.37. The largest absolute Gasteiger partial charge is 0.366 e. The van der Waals surface area contributed by atoms with Crippen molar-refractivity contribution in [3.8, 4) is 0 Å². The van der Waals surface area contributed by atoms with Gasteiger partial charge >= 0.3 is 0 Å². The summed E-state index contributed by atoms with van der Waals surface area (Å²) in [4.78, 5) is 20.8. The van der Waals surface area contributed by atoms with Gasteiger partial charge in [0, 0.05) is 50.9 Å². The van der Waals surface area contributed by atoms with E-state index in [4.69, 9.17) is 4.99 Å². The first-order chi connectivity index (χ1) is 15.0. The molecule has 2 aromatic rings. The van der Waals surface area contributed by atoms with E-state index in [2.05, 4.69) is 15.5 Å². The normalized spacial score (nSPS) is 14.5. The van der Waals surface area contributed by atoms with Crippen LogP contribution >= 0.6 is 0 Å². The van der Waals surface area contributed by atoms with E-state index in [0.717, 1.165) is 30.2 Å². The topological polar surface area (TPSA) is 60.0 Å². The molecule has 0 bridgehead atoms. The number of nitrogens with zero attached hydrogens (tertiary/aromatic N) is 3. The molecule has 6 nitrogen and oxygen atoms in total. The maximum Gasteiger partial charge on any atom is 0.251 e. The maximum absolute atomic E-state index is 14.1. The van der Waals surface area contributed by atoms with Crippen LogP contribution in [-0.4, -0.2) is 56.0 Å². The standard InChI is InChI=1S/C23H29F2N5O/c1-3-26-22(31)18-7-5-6-17(14-18)16-28-23(27-4-2)30-12-10-29(11-13-30)21-15-19(24)8-9-20(21)25/h5-9,14-15H,3-4,10-13,16H2,1-2H3,(H,26,31)(H,27,28). The van der Waals surface area contributed by atoms with Gasteiger partial charge in [0.25, 0.3) is 5.91 Å². The third-order valence-electron chi connectivity index (χ3n) is 5.10. The summed E-state index contributed by atoms with van der Waals surface area (Å²) >= 11 is 0. The van der Waals surface area contributed by atoms with E-state index in [-0.39, 0.29) is 5.91 Å². The van der Waals surface area contributed by atoms with Gasteiger partial charge in [0.1, 0.15) is 11.6 Å². The second kappa shape index (κ2) is 10.7. The minimum absolute atomic E-state index is 0.0964. The Morgan fingerprint density at radius 3 is 2.45 bits per heavy atom. The van der Waals surface area contributed by atoms with E-state index < -0.39 is 11.6 Å². The van der Waals surface area contributed by atoms with Crippen molar-refractivity contribution in [1.29, 1.82) is 0 Å². The lowest BCUT2D eigenvalue weighted by molar-refractivity contribution is 0.0955. The molecule has 1 aliphatic heterocycles. The van der Waals surface area contributed by atoms with Gasteiger partial charge in [-0.05, 0) is 43.7 Å². The predicted octanol–water partition coefficient (Wildman–Crippen LogP) is 3.00. The van der Waals surface area contributed by atoms with Crippen LogP contribution in [0.4, 0.5) is 14.5 Å². The highest BCUT2D eigenvalue weighted by Crippen LogP contribution is 2.22. The van der Waals surface area contributed by atoms with Crippen molar-refractivity contribution in [2.24, 2.45) is 4.99 Å². The molecule has 1 fully saturated rings. The summed E-state index contributed by atoms with van der Waals surface area (Å²) in [6, 6.07) is 11.0. The minimum Gasteiger partial charge on any atom is -0.366 e. The van der Waals surface area contributed by atoms with Crippen LogP contribution in [0, 0.1) is 11.6 Å². The molecule has 0 spiro atoms. The number of hydrogen-bond donors (Lipinski definition) is 2. The molecule has 31 heavy (non-hydrogen) atoms. The molecule has 8 heteroatoms. The number of nitrogens with one attached hydrogen (secondary N) is 2. The molecule has 0 aliphatic carbocycles. The Labute approximate surface area is 182 Å². The fourth-order valence-corrected chi connectivity index (χ4v) is 3.55. The summed E-state index contributed by atoms with van der Waals surface area (Å²) in [7, 11) is 0. The molecular weight excluding hydrogens is 400 g/mol. The van der Waals surface area contributed by atoms with Crippen molar-refractivity contribution in [2.75, 3.05) is 44.2 Å². The highest BCUT2D eigenvalue weighted by molar-refractivity contribution is 5.94. The molecule has 0 radical (unpaired) electrons. The SMILES string of the molecule is CCNC(=O)c1cccc(CN=C(NCC)N2CCN(c3cc(F)ccc3F)CC2)c1. The van der Waals surface area contributed by atoms with E-state index in [0.29, 0.717) is 50.5 Å². The van der Waals surface area contributed by atoms with Crippen LogP contribution in [0.2, 0.25) is 0 Å². The molecule has 1 amide bonds. The first-order valence-electron chi connectivity index (χ1n) is 10.6. The summed E-state index contributed by atoms with van der Waals surface area (Å²) in [5.74, 6) is -0.183. The third-order valence-corrected chi connectivity index (χ3v) is 5.10. The average molecular weight is 430 g/mol. The summed E-state index contributed by atoms with van der Waals surface area (Å²) in [5, 5.41) is 6.10. The number of amides is 1. The number of rotatable bonds is 6. The van der Waals surface area contributed by atoms with Gasteiger partial charge in [-0.15, -0.1) is 0 Å². The van der Waals surface area contributed by atoms with Gasteiger partial charge in [-0.3, -0.25) is 4.79 Å². The molecule has 0 saturated carbocycles. The third kappa shape index (κ3) is 5.93. The van der Waals surface area contributed by atoms with Gasteiger partial charge in [-0.1, -0.05) is 12.1 Å². The van der Waals surface area contributed by atoms with Gasteiger partial charge in [0.2, 0.25) is 0 Å². The quantitative estimate of drug-likeness (QED) is 0.548. The number of carbonyl (C=O) groups excluding carboxylic acids is 1. The van der Waals surface area contributed by atoms with Crippen molar-refractivity contribution in [2.45, 2.75) is 20.4 Å². The van der Waals surface area contributed by atoms with Crippen LogP contribution in [0.25, 0.3) is 0 Å². The maximum atomic E-state index is 14.1. The van der Waals surface area contributed by atoms with E-state index in [1.807, 2.05) is 36.9 Å². The Hall–Kier alpha value is -3.16. The second-order valence-corrected chi connectivity index (χ2v) is 7.30. The van der Waals surface area contributed by atoms with Gasteiger partial charge in [0.15, 0.2) is 5.96 Å². The lowest BCUT2D eigenvalue weighted by atomic mass is 10.1. The zero-order valence-electron chi connectivity index (χ0n) is 18.0. The van der Waals surface area contributed by atoms with Gasteiger partial charge in [-0.25, -0.2) is 13.8 Å². The Morgan fingerprint density at radius 2 is 1.74 bits per heavy atom. The van der Waals surface area contributed by atoms with Crippen LogP contribution in [0.15, 0.2) is 47.5 Å². The molecule has 1 saturated heterocycles.